The summed E-state index contributed by atoms with van der Waals surface area (Å²) in [7, 11) is 4.20. The molecule has 0 N–H and O–H groups in total. The molecule has 0 bridgehead atoms. The summed E-state index contributed by atoms with van der Waals surface area (Å²) in [6.45, 7) is 25.7. The summed E-state index contributed by atoms with van der Waals surface area (Å²) >= 11 is 5.79. The van der Waals surface area contributed by atoms with Crippen LogP contribution in [0.25, 0.3) is 0 Å². The van der Waals surface area contributed by atoms with Crippen LogP contribution in [-0.2, 0) is 60.6 Å². The summed E-state index contributed by atoms with van der Waals surface area (Å²) in [4.78, 5) is 25.7. The molecule has 2 fully saturated rings. The standard InChI is InChI=1S/C55H82BO11PS2/c1-37-27-44(64-47(28-37)33-55(11)54(9,10)50(63-39(3)57)31-45(66-55)29-46(67-56(68)69)32-51(58)70-52(4,5)6)25-26-53(7,8)49-20-16-19-43(65-49)30-48(61-35-41-21-23-42(59-12)24-22-41)38(2)62-36-60-34-40-17-14-13-15-18-40/h13-15,17-18,20-26,38,43-48,50,69H,1,16,19,27-36,68H2,2-12H3/b26-25+/t38-,43+,44+,45-,46-,47+,48-,50+,55-/m1/s1. The van der Waals surface area contributed by atoms with Crippen LogP contribution >= 0.6 is 33.4 Å². The average molecular weight is 1030 g/mol. The van der Waals surface area contributed by atoms with E-state index < -0.39 is 34.6 Å². The van der Waals surface area contributed by atoms with Gasteiger partial charge in [0.2, 0.25) is 0 Å². The van der Waals surface area contributed by atoms with Gasteiger partial charge in [0.05, 0.1) is 62.5 Å². The number of thiol groups is 1. The largest absolute Gasteiger partial charge is 0.497 e. The lowest BCUT2D eigenvalue weighted by atomic mass is 9.65. The maximum Gasteiger partial charge on any atom is 0.380 e. The fourth-order valence-electron chi connectivity index (χ4n) is 9.51. The first-order valence-electron chi connectivity index (χ1n) is 25.0. The Balaban J connectivity index is 1.24. The van der Waals surface area contributed by atoms with Gasteiger partial charge in [0.15, 0.2) is 5.12 Å². The normalized spacial score (nSPS) is 25.4. The molecule has 0 amide bonds. The van der Waals surface area contributed by atoms with Gasteiger partial charge in [-0.25, -0.2) is 0 Å². The van der Waals surface area contributed by atoms with Gasteiger partial charge in [-0.05, 0) is 89.1 Å². The first-order chi connectivity index (χ1) is 32.9. The summed E-state index contributed by atoms with van der Waals surface area (Å²) in [6, 6.07) is 18.0. The van der Waals surface area contributed by atoms with Crippen LogP contribution < -0.4 is 4.74 Å². The number of carbonyl (C=O) groups excluding carboxylic acids is 2. The van der Waals surface area contributed by atoms with Crippen LogP contribution in [0, 0.1) is 10.8 Å². The number of esters is 1. The number of hydrogen-bond donors (Lipinski definition) is 1. The van der Waals surface area contributed by atoms with Crippen molar-refractivity contribution in [2.45, 2.75) is 199 Å². The molecule has 2 aromatic carbocycles. The van der Waals surface area contributed by atoms with Gasteiger partial charge >= 0.3 is 11.9 Å². The van der Waals surface area contributed by atoms with Crippen LogP contribution in [0.2, 0.25) is 0 Å². The third-order valence-electron chi connectivity index (χ3n) is 13.7. The molecule has 388 valence electrons. The van der Waals surface area contributed by atoms with Gasteiger partial charge in [0.25, 0.3) is 0 Å². The predicted molar refractivity (Wildman–Crippen MR) is 288 cm³/mol. The van der Waals surface area contributed by atoms with Crippen molar-refractivity contribution >= 4 is 50.4 Å². The van der Waals surface area contributed by atoms with E-state index in [0.29, 0.717) is 51.7 Å². The number of carbonyl (C=O) groups is 2. The second-order valence-corrected chi connectivity index (χ2v) is 25.1. The van der Waals surface area contributed by atoms with Gasteiger partial charge < -0.3 is 42.5 Å². The first kappa shape index (κ1) is 58.2. The maximum atomic E-state index is 13.2. The van der Waals surface area contributed by atoms with E-state index in [1.165, 1.54) is 18.7 Å². The first-order valence-corrected chi connectivity index (χ1v) is 27.0. The molecule has 0 aliphatic carbocycles. The molecular formula is C55H82BO11PS2. The van der Waals surface area contributed by atoms with E-state index in [0.717, 1.165) is 41.1 Å². The van der Waals surface area contributed by atoms with Crippen molar-refractivity contribution in [2.75, 3.05) is 13.9 Å². The highest BCUT2D eigenvalue weighted by Gasteiger charge is 2.56. The lowest BCUT2D eigenvalue weighted by molar-refractivity contribution is -0.252. The molecule has 3 aliphatic rings. The van der Waals surface area contributed by atoms with Gasteiger partial charge in [-0.2, -0.15) is 12.5 Å². The van der Waals surface area contributed by atoms with E-state index >= 15 is 0 Å². The fourth-order valence-corrected chi connectivity index (χ4v) is 10.9. The van der Waals surface area contributed by atoms with Crippen molar-refractivity contribution < 1.29 is 52.1 Å². The number of ether oxygens (including phenoxy) is 8. The average Bonchev–Trinajstić information content (AvgIpc) is 3.27. The molecule has 0 aromatic heterocycles. The molecule has 15 heteroatoms. The van der Waals surface area contributed by atoms with Crippen LogP contribution in [0.15, 0.2) is 90.7 Å². The predicted octanol–water partition coefficient (Wildman–Crippen LogP) is 12.2. The molecular weight excluding hydrogens is 943 g/mol. The smallest absolute Gasteiger partial charge is 0.380 e. The highest BCUT2D eigenvalue weighted by molar-refractivity contribution is 8.23. The number of allylic oxidation sites excluding steroid dienone is 2. The second-order valence-electron chi connectivity index (χ2n) is 21.6. The summed E-state index contributed by atoms with van der Waals surface area (Å²) in [5, 5.41) is 0.0475. The Bertz CT molecular complexity index is 2040. The van der Waals surface area contributed by atoms with Gasteiger partial charge in [-0.15, -0.1) is 9.12 Å². The second kappa shape index (κ2) is 26.5. The van der Waals surface area contributed by atoms with E-state index in [4.69, 9.17) is 42.5 Å². The molecule has 2 aromatic rings. The fraction of sp³-hybridized carbons (Fsp3) is 0.636. The number of rotatable bonds is 24. The lowest BCUT2D eigenvalue weighted by Crippen LogP contribution is -2.61. The summed E-state index contributed by atoms with van der Waals surface area (Å²) in [5.41, 5.74) is 1.46. The van der Waals surface area contributed by atoms with Crippen LogP contribution in [0.3, 0.4) is 0 Å². The summed E-state index contributed by atoms with van der Waals surface area (Å²) in [6.07, 6.45) is 9.78. The van der Waals surface area contributed by atoms with Gasteiger partial charge in [-0.3, -0.25) is 9.59 Å². The van der Waals surface area contributed by atoms with Crippen molar-refractivity contribution in [3.05, 3.63) is 102 Å². The molecule has 3 heterocycles. The highest BCUT2D eigenvalue weighted by atomic mass is 32.2. The van der Waals surface area contributed by atoms with E-state index in [1.54, 1.807) is 7.11 Å². The van der Waals surface area contributed by atoms with E-state index in [2.05, 4.69) is 81.0 Å². The van der Waals surface area contributed by atoms with Crippen LogP contribution in [0.1, 0.15) is 138 Å². The zero-order chi connectivity index (χ0) is 51.3. The highest BCUT2D eigenvalue weighted by Crippen LogP contribution is 2.50. The Morgan fingerprint density at radius 2 is 1.67 bits per heavy atom. The van der Waals surface area contributed by atoms with Crippen LogP contribution in [0.5, 0.6) is 5.75 Å². The van der Waals surface area contributed by atoms with Crippen LogP contribution in [-0.4, -0.2) is 90.1 Å². The number of benzene rings is 2. The molecule has 0 saturated carbocycles. The Morgan fingerprint density at radius 1 is 0.971 bits per heavy atom. The Hall–Kier alpha value is -2.65. The molecule has 0 radical (unpaired) electrons. The molecule has 70 heavy (non-hydrogen) atoms. The van der Waals surface area contributed by atoms with E-state index in [1.807, 2.05) is 82.3 Å². The number of hydrogen-bond acceptors (Lipinski definition) is 13. The van der Waals surface area contributed by atoms with Gasteiger partial charge in [0, 0.05) is 48.2 Å². The minimum Gasteiger partial charge on any atom is -0.497 e. The number of methoxy groups -OCH3 is 1. The summed E-state index contributed by atoms with van der Waals surface area (Å²) in [5.74, 6) is 0.916. The van der Waals surface area contributed by atoms with Crippen molar-refractivity contribution in [1.82, 2.24) is 0 Å². The van der Waals surface area contributed by atoms with Crippen molar-refractivity contribution in [3.8, 4) is 5.75 Å². The monoisotopic (exact) mass is 1020 g/mol. The zero-order valence-electron chi connectivity index (χ0n) is 43.7. The Kier molecular flexibility index (Phi) is 22.1. The maximum absolute atomic E-state index is 13.2. The third kappa shape index (κ3) is 18.4. The van der Waals surface area contributed by atoms with Crippen LogP contribution in [0.4, 0.5) is 0 Å². The number of thioether (sulfide) groups is 1. The van der Waals surface area contributed by atoms with E-state index in [9.17, 15) is 9.59 Å². The zero-order valence-corrected chi connectivity index (χ0v) is 46.6. The van der Waals surface area contributed by atoms with E-state index in [-0.39, 0.29) is 65.7 Å². The van der Waals surface area contributed by atoms with Gasteiger partial charge in [0.1, 0.15) is 30.5 Å². The SMILES string of the molecule is C=C1C[C@@H](C[C@@]2(C)O[C@H](C[C@H](CC(=O)SC(C)(C)C)OB(P)S)C[C@H](OC(C)=O)C2(C)C)O[C@@H](/C=C/C(C)(C)C2=CCC[C@@H](C[C@@H](OCc3ccc(OC)cc3)[C@@H](C)OCOCc3ccccc3)O2)C1. The Labute approximate surface area is 432 Å². The molecule has 0 spiro atoms. The van der Waals surface area contributed by atoms with Crippen molar-refractivity contribution in [3.63, 3.8) is 0 Å². The third-order valence-corrected chi connectivity index (χ3v) is 15.0. The topological polar surface area (TPSA) is 117 Å². The molecule has 10 atom stereocenters. The van der Waals surface area contributed by atoms with Crippen molar-refractivity contribution in [1.29, 1.82) is 0 Å². The van der Waals surface area contributed by atoms with Crippen molar-refractivity contribution in [2.24, 2.45) is 10.8 Å². The molecule has 1 unspecified atom stereocenters. The molecule has 3 aliphatic heterocycles. The Morgan fingerprint density at radius 3 is 2.33 bits per heavy atom. The minimum absolute atomic E-state index is 0.0475. The minimum atomic E-state index is -0.772. The molecule has 5 rings (SSSR count). The van der Waals surface area contributed by atoms with Gasteiger partial charge in [-0.1, -0.05) is 113 Å². The summed E-state index contributed by atoms with van der Waals surface area (Å²) < 4.78 is 56.9. The quantitative estimate of drug-likeness (QED) is 0.0205. The molecule has 11 nitrogen and oxygen atoms in total. The lowest BCUT2D eigenvalue weighted by Gasteiger charge is -2.55. The molecule has 2 saturated heterocycles.